The number of hydrogen-bond donors (Lipinski definition) is 1. The number of methoxy groups -OCH3 is 1. The van der Waals surface area contributed by atoms with Gasteiger partial charge in [0.2, 0.25) is 0 Å². The van der Waals surface area contributed by atoms with Gasteiger partial charge in [0, 0.05) is 15.6 Å². The number of benzene rings is 7. The first-order chi connectivity index (χ1) is 49.4. The lowest BCUT2D eigenvalue weighted by Crippen LogP contribution is -2.07. The van der Waals surface area contributed by atoms with Crippen LogP contribution in [-0.2, 0) is 12.8 Å². The summed E-state index contributed by atoms with van der Waals surface area (Å²) in [6.07, 6.45) is 13.7. The second kappa shape index (κ2) is 69.2. The predicted molar refractivity (Wildman–Crippen MR) is 471 cm³/mol. The molecule has 7 unspecified atom stereocenters. The van der Waals surface area contributed by atoms with Crippen LogP contribution in [0.3, 0.4) is 0 Å². The number of ketones is 2. The van der Waals surface area contributed by atoms with Gasteiger partial charge in [0.15, 0.2) is 11.6 Å². The van der Waals surface area contributed by atoms with E-state index < -0.39 is 6.61 Å². The maximum absolute atomic E-state index is 11.4. The maximum atomic E-state index is 11.4. The molecule has 0 amide bonds. The van der Waals surface area contributed by atoms with E-state index in [2.05, 4.69) is 256 Å². The summed E-state index contributed by atoms with van der Waals surface area (Å²) in [5, 5.41) is 8.85. The Bertz CT molecular complexity index is 3130. The normalized spacial score (nSPS) is 12.1. The largest absolute Gasteiger partial charge is 0.496 e. The highest BCUT2D eigenvalue weighted by Crippen LogP contribution is 2.31. The summed E-state index contributed by atoms with van der Waals surface area (Å²) >= 11 is 3.46. The van der Waals surface area contributed by atoms with E-state index in [1.807, 2.05) is 134 Å². The van der Waals surface area contributed by atoms with Gasteiger partial charge < -0.3 is 9.84 Å². The lowest BCUT2D eigenvalue weighted by Gasteiger charge is -2.22. The van der Waals surface area contributed by atoms with Crippen molar-refractivity contribution in [1.29, 1.82) is 0 Å². The third-order valence-corrected chi connectivity index (χ3v) is 19.0. The van der Waals surface area contributed by atoms with Crippen molar-refractivity contribution in [3.63, 3.8) is 0 Å². The fourth-order valence-electron chi connectivity index (χ4n) is 10.3. The Hall–Kier alpha value is -5.88. The van der Waals surface area contributed by atoms with E-state index in [0.717, 1.165) is 35.6 Å². The van der Waals surface area contributed by atoms with Crippen molar-refractivity contribution in [2.45, 2.75) is 347 Å². The molecule has 7 atom stereocenters. The monoisotopic (exact) mass is 1480 g/mol. The van der Waals surface area contributed by atoms with Crippen LogP contribution < -0.4 is 4.74 Å². The van der Waals surface area contributed by atoms with Gasteiger partial charge in [-0.05, 0) is 256 Å². The summed E-state index contributed by atoms with van der Waals surface area (Å²) in [5.41, 5.74) is 20.9. The van der Waals surface area contributed by atoms with Crippen molar-refractivity contribution < 1.29 is 19.4 Å². The summed E-state index contributed by atoms with van der Waals surface area (Å²) in [5.74, 6) is 5.38. The molecule has 103 heavy (non-hydrogen) atoms. The van der Waals surface area contributed by atoms with Gasteiger partial charge in [-0.25, -0.2) is 0 Å². The number of carbonyl (C=O) groups excluding carboxylic acids is 2. The minimum Gasteiger partial charge on any atom is -0.496 e. The maximum Gasteiger partial charge on any atom is 0.188 e. The third kappa shape index (κ3) is 44.6. The van der Waals surface area contributed by atoms with Gasteiger partial charge in [-0.2, -0.15) is 0 Å². The van der Waals surface area contributed by atoms with Gasteiger partial charge in [0.25, 0.3) is 0 Å². The number of ether oxygens (including phenoxy) is 1. The zero-order valence-electron chi connectivity index (χ0n) is 73.4. The number of halogens is 1. The van der Waals surface area contributed by atoms with Gasteiger partial charge in [-0.15, -0.1) is 0 Å². The van der Waals surface area contributed by atoms with Crippen LogP contribution in [0.15, 0.2) is 150 Å². The zero-order valence-corrected chi connectivity index (χ0v) is 75.0. The van der Waals surface area contributed by atoms with E-state index in [0.29, 0.717) is 41.1 Å². The number of aliphatic hydroxyl groups excluding tert-OH is 1. The first-order valence-corrected chi connectivity index (χ1v) is 41.7. The second-order valence-corrected chi connectivity index (χ2v) is 26.1. The summed E-state index contributed by atoms with van der Waals surface area (Å²) in [7, 11) is 1.71. The van der Waals surface area contributed by atoms with Crippen molar-refractivity contribution in [3.8, 4) is 5.75 Å². The molecule has 4 nitrogen and oxygen atoms in total. The zero-order chi connectivity index (χ0) is 80.8. The van der Waals surface area contributed by atoms with Gasteiger partial charge >= 0.3 is 0 Å². The molecule has 1 aliphatic rings. The van der Waals surface area contributed by atoms with Crippen molar-refractivity contribution >= 4 is 27.5 Å². The predicted octanol–water partition coefficient (Wildman–Crippen LogP) is 32.2. The van der Waals surface area contributed by atoms with Crippen molar-refractivity contribution in [2.24, 2.45) is 0 Å². The summed E-state index contributed by atoms with van der Waals surface area (Å²) in [6, 6.07) is 51.2. The van der Waals surface area contributed by atoms with Crippen LogP contribution in [0.4, 0.5) is 0 Å². The molecule has 0 bridgehead atoms. The molecule has 0 spiro atoms. The number of aryl methyl sites for hydroxylation is 6. The molecule has 8 rings (SSSR count). The molecule has 584 valence electrons. The SMILES string of the molecule is CC.CC.CC.CC.CC.CC.CC.CCC(C)c1ccc(C)c(C(=O)CO)c1.CCC(C)c1ccc(C)c(C)c1.CCC(C)c1ccc(C)cc1.CCC(C)c1ccc(OC)c(C)c1.CCC(C)c1cccc(Br)c1.CCC(C)c1cccc(C(C)=O)c1.CCC(C)c1cccc2c1CCCC2. The highest BCUT2D eigenvalue weighted by Gasteiger charge is 2.16. The van der Waals surface area contributed by atoms with E-state index in [9.17, 15) is 9.59 Å². The molecule has 0 aromatic heterocycles. The Morgan fingerprint density at radius 1 is 0.398 bits per heavy atom. The van der Waals surface area contributed by atoms with Crippen LogP contribution in [0, 0.1) is 34.6 Å². The molecule has 7 aromatic rings. The van der Waals surface area contributed by atoms with Gasteiger partial charge in [0.05, 0.1) is 7.11 Å². The second-order valence-electron chi connectivity index (χ2n) is 25.2. The van der Waals surface area contributed by atoms with E-state index in [1.165, 1.54) is 118 Å². The van der Waals surface area contributed by atoms with Crippen LogP contribution in [0.25, 0.3) is 0 Å². The van der Waals surface area contributed by atoms with Gasteiger partial charge in [0.1, 0.15) is 12.4 Å². The summed E-state index contributed by atoms with van der Waals surface area (Å²) in [6.45, 7) is 70.8. The Morgan fingerprint density at radius 2 is 0.767 bits per heavy atom. The molecule has 1 N–H and O–H groups in total. The number of aliphatic hydroxyl groups is 1. The van der Waals surface area contributed by atoms with E-state index >= 15 is 0 Å². The molecule has 0 radical (unpaired) electrons. The molecule has 5 heteroatoms. The lowest BCUT2D eigenvalue weighted by molar-refractivity contribution is 0.0902. The van der Waals surface area contributed by atoms with Crippen LogP contribution in [0.2, 0.25) is 0 Å². The van der Waals surface area contributed by atoms with Gasteiger partial charge in [-0.1, -0.05) is 331 Å². The molecule has 0 aliphatic heterocycles. The Kier molecular flexibility index (Phi) is 72.6. The van der Waals surface area contributed by atoms with Crippen molar-refractivity contribution in [3.05, 3.63) is 239 Å². The molecule has 0 saturated carbocycles. The number of Topliss-reactive ketones (excluding diaryl/α,β-unsaturated/α-hetero) is 2. The molecule has 0 heterocycles. The molecule has 7 aromatic carbocycles. The topological polar surface area (TPSA) is 63.6 Å². The lowest BCUT2D eigenvalue weighted by atomic mass is 9.83. The molecule has 1 aliphatic carbocycles. The number of fused-ring (bicyclic) bond motifs is 1. The molecule has 0 fully saturated rings. The average Bonchev–Trinajstić information content (AvgIpc) is 0.830. The van der Waals surface area contributed by atoms with E-state index in [-0.39, 0.29) is 11.6 Å². The molecular weight excluding hydrogens is 1320 g/mol. The van der Waals surface area contributed by atoms with Crippen LogP contribution in [-0.4, -0.2) is 30.4 Å². The quantitative estimate of drug-likeness (QED) is 0.0870. The Labute approximate surface area is 648 Å². The fraction of sp³-hybridized carbons (Fsp3) is 0.551. The van der Waals surface area contributed by atoms with E-state index in [4.69, 9.17) is 9.84 Å². The minimum absolute atomic E-state index is 0.144. The summed E-state index contributed by atoms with van der Waals surface area (Å²) in [4.78, 5) is 22.6. The standard InChI is InChI=1S/C14H20.C13H18O2.C12H18O.C12H16O.C12H18.C11H16.C10H13Br.7C2H6/c1-3-11(2)13-10-6-8-12-7-4-5-9-14(12)13;1-4-9(2)11-6-5-10(3)12(7-11)13(15)8-14;1-5-9(2)11-6-7-12(13-4)10(3)8-11;1-4-9(2)11-6-5-7-12(8-11)10(3)13;1-5-9(2)12-7-6-10(3)11(4)8-12;1-4-10(3)11-7-5-9(2)6-8-11;1-3-8(2)9-5-4-6-10(11)7-9;7*1-2/h6,8,10-11H,3-5,7,9H2,1-2H3;5-7,9,14H,4,8H2,1-3H3;6-9H,5H2,1-4H3;5-9H,4H2,1-3H3;6-9H,5H2,1-4H3;5-8,10H,4H2,1-3H3;4-8H,3H2,1-2H3;7*1-2H3. The number of hydrogen-bond acceptors (Lipinski definition) is 4. The number of carbonyl (C=O) groups is 2. The average molecular weight is 1480 g/mol. The van der Waals surface area contributed by atoms with Gasteiger partial charge in [-0.3, -0.25) is 9.59 Å². The minimum atomic E-state index is -0.412. The Balaban J connectivity index is -0.000000259. The van der Waals surface area contributed by atoms with Crippen LogP contribution >= 0.6 is 15.9 Å². The molecular formula is C98H161BrO4. The van der Waals surface area contributed by atoms with Crippen LogP contribution in [0.5, 0.6) is 5.75 Å². The van der Waals surface area contributed by atoms with Crippen LogP contribution in [0.1, 0.15) is 399 Å². The summed E-state index contributed by atoms with van der Waals surface area (Å²) < 4.78 is 6.39. The van der Waals surface area contributed by atoms with E-state index in [1.54, 1.807) is 30.7 Å². The smallest absolute Gasteiger partial charge is 0.188 e. The first-order valence-electron chi connectivity index (χ1n) is 40.9. The Morgan fingerprint density at radius 3 is 1.17 bits per heavy atom. The third-order valence-electron chi connectivity index (χ3n) is 18.5. The highest BCUT2D eigenvalue weighted by atomic mass is 79.9. The fourth-order valence-corrected chi connectivity index (χ4v) is 10.7. The first kappa shape index (κ1) is 108. The molecule has 0 saturated heterocycles. The van der Waals surface area contributed by atoms with Crippen molar-refractivity contribution in [1.82, 2.24) is 0 Å². The highest BCUT2D eigenvalue weighted by molar-refractivity contribution is 9.10. The number of rotatable bonds is 18. The van der Waals surface area contributed by atoms with Crippen molar-refractivity contribution in [2.75, 3.05) is 13.7 Å².